The van der Waals surface area contributed by atoms with Crippen LogP contribution in [0.4, 0.5) is 4.79 Å². The van der Waals surface area contributed by atoms with Crippen molar-refractivity contribution in [2.75, 3.05) is 71.8 Å². The van der Waals surface area contributed by atoms with Crippen molar-refractivity contribution in [1.82, 2.24) is 16.0 Å². The third-order valence-electron chi connectivity index (χ3n) is 5.46. The lowest BCUT2D eigenvalue weighted by molar-refractivity contribution is -0.120. The molecule has 0 atom stereocenters. The van der Waals surface area contributed by atoms with Crippen LogP contribution >= 0.6 is 21.6 Å². The highest BCUT2D eigenvalue weighted by Crippen LogP contribution is 2.31. The number of hydrogen-bond donors (Lipinski definition) is 3. The Morgan fingerprint density at radius 3 is 2.17 bits per heavy atom. The number of carbonyl (C=O) groups excluding carboxylic acids is 2. The van der Waals surface area contributed by atoms with Gasteiger partial charge in [-0.1, -0.05) is 73.3 Å². The maximum atomic E-state index is 12.2. The fourth-order valence-corrected chi connectivity index (χ4v) is 4.90. The lowest BCUT2D eigenvalue weighted by atomic mass is 10.1. The number of nitrogens with one attached hydrogen (secondary N) is 3. The average Bonchev–Trinajstić information content (AvgIpc) is 2.95. The molecular weight excluding hydrogens is 574 g/mol. The van der Waals surface area contributed by atoms with Gasteiger partial charge in [-0.3, -0.25) is 4.79 Å². The molecule has 0 unspecified atom stereocenters. The first-order valence-electron chi connectivity index (χ1n) is 14.8. The van der Waals surface area contributed by atoms with E-state index in [4.69, 9.17) is 18.9 Å². The lowest BCUT2D eigenvalue weighted by Gasteiger charge is -2.09. The summed E-state index contributed by atoms with van der Waals surface area (Å²) < 4.78 is 22.1. The van der Waals surface area contributed by atoms with Crippen LogP contribution in [0.2, 0.25) is 0 Å². The quantitative estimate of drug-likeness (QED) is 0.0645. The van der Waals surface area contributed by atoms with Crippen LogP contribution < -0.4 is 16.0 Å². The SMILES string of the molecule is CC(C)C#CCNC(=O)NCCCCOCSSc1ccc(CC(=O)NCCOCCOCCOCCC(C)C)cc1. The van der Waals surface area contributed by atoms with Crippen molar-refractivity contribution < 1.29 is 28.5 Å². The molecule has 42 heavy (non-hydrogen) atoms. The Morgan fingerprint density at radius 2 is 1.48 bits per heavy atom. The van der Waals surface area contributed by atoms with Crippen molar-refractivity contribution in [3.8, 4) is 11.8 Å². The highest BCUT2D eigenvalue weighted by Gasteiger charge is 2.04. The van der Waals surface area contributed by atoms with Crippen LogP contribution in [0.25, 0.3) is 0 Å². The average molecular weight is 626 g/mol. The molecule has 1 aromatic carbocycles. The van der Waals surface area contributed by atoms with Crippen LogP contribution in [0, 0.1) is 23.7 Å². The standard InChI is InChI=1S/C31H51N3O6S2/c1-26(2)8-7-15-34-31(36)33-14-5-6-17-40-25-41-42-29-11-9-28(10-12-29)24-30(35)32-16-19-38-21-23-39-22-20-37-18-13-27(3)4/h9-12,26-27H,5-6,13-25H2,1-4H3,(H,32,35)(H2,33,34,36). The molecule has 0 radical (unpaired) electrons. The molecule has 3 N–H and O–H groups in total. The summed E-state index contributed by atoms with van der Waals surface area (Å²) in [5.41, 5.74) is 0.966. The van der Waals surface area contributed by atoms with E-state index in [9.17, 15) is 9.59 Å². The molecule has 0 aromatic heterocycles. The highest BCUT2D eigenvalue weighted by molar-refractivity contribution is 8.76. The number of hydrogen-bond acceptors (Lipinski definition) is 8. The summed E-state index contributed by atoms with van der Waals surface area (Å²) in [5, 5.41) is 8.42. The van der Waals surface area contributed by atoms with Crippen LogP contribution in [-0.4, -0.2) is 83.8 Å². The number of ether oxygens (including phenoxy) is 4. The van der Waals surface area contributed by atoms with Crippen LogP contribution in [0.5, 0.6) is 0 Å². The Kier molecular flexibility index (Phi) is 24.2. The second-order valence-electron chi connectivity index (χ2n) is 10.2. The Bertz CT molecular complexity index is 891. The van der Waals surface area contributed by atoms with Gasteiger partial charge in [0.05, 0.1) is 46.0 Å². The summed E-state index contributed by atoms with van der Waals surface area (Å²) in [6, 6.07) is 7.80. The largest absolute Gasteiger partial charge is 0.379 e. The zero-order chi connectivity index (χ0) is 30.7. The number of urea groups is 1. The molecule has 1 rings (SSSR count). The topological polar surface area (TPSA) is 107 Å². The number of carbonyl (C=O) groups is 2. The molecule has 1 aromatic rings. The number of rotatable bonds is 24. The second-order valence-corrected chi connectivity index (χ2v) is 12.5. The van der Waals surface area contributed by atoms with E-state index in [2.05, 4.69) is 41.6 Å². The Labute approximate surface area is 261 Å². The molecule has 0 aliphatic carbocycles. The van der Waals surface area contributed by atoms with Crippen molar-refractivity contribution in [3.05, 3.63) is 29.8 Å². The minimum absolute atomic E-state index is 0.0247. The van der Waals surface area contributed by atoms with Crippen LogP contribution in [0.3, 0.4) is 0 Å². The fraction of sp³-hybridized carbons (Fsp3) is 0.677. The second kappa shape index (κ2) is 26.7. The highest BCUT2D eigenvalue weighted by atomic mass is 33.1. The first-order chi connectivity index (χ1) is 20.4. The van der Waals surface area contributed by atoms with Gasteiger partial charge in [0.15, 0.2) is 0 Å². The predicted octanol–water partition coefficient (Wildman–Crippen LogP) is 4.89. The van der Waals surface area contributed by atoms with Gasteiger partial charge in [0.1, 0.15) is 5.94 Å². The fourth-order valence-electron chi connectivity index (χ4n) is 3.19. The first-order valence-corrected chi connectivity index (χ1v) is 17.1. The number of unbranched alkanes of at least 4 members (excludes halogenated alkanes) is 1. The molecule has 0 saturated carbocycles. The van der Waals surface area contributed by atoms with Gasteiger partial charge in [-0.25, -0.2) is 4.79 Å². The summed E-state index contributed by atoms with van der Waals surface area (Å²) in [5.74, 6) is 7.44. The van der Waals surface area contributed by atoms with Gasteiger partial charge >= 0.3 is 6.03 Å². The third kappa shape index (κ3) is 24.6. The van der Waals surface area contributed by atoms with Gasteiger partial charge in [-0.2, -0.15) is 0 Å². The molecule has 0 heterocycles. The monoisotopic (exact) mass is 625 g/mol. The summed E-state index contributed by atoms with van der Waals surface area (Å²) in [4.78, 5) is 24.9. The summed E-state index contributed by atoms with van der Waals surface area (Å²) in [7, 11) is 3.27. The van der Waals surface area contributed by atoms with Gasteiger partial charge in [-0.05, 0) is 42.9 Å². The van der Waals surface area contributed by atoms with Gasteiger partial charge in [0, 0.05) is 37.1 Å². The van der Waals surface area contributed by atoms with Crippen LogP contribution in [0.15, 0.2) is 29.2 Å². The molecule has 0 aliphatic rings. The minimum Gasteiger partial charge on any atom is -0.379 e. The first kappa shape index (κ1) is 38.1. The summed E-state index contributed by atoms with van der Waals surface area (Å²) in [6.07, 6.45) is 3.14. The van der Waals surface area contributed by atoms with E-state index < -0.39 is 0 Å². The predicted molar refractivity (Wildman–Crippen MR) is 173 cm³/mol. The van der Waals surface area contributed by atoms with Crippen molar-refractivity contribution in [1.29, 1.82) is 0 Å². The van der Waals surface area contributed by atoms with E-state index in [0.29, 0.717) is 83.5 Å². The van der Waals surface area contributed by atoms with E-state index >= 15 is 0 Å². The van der Waals surface area contributed by atoms with Crippen molar-refractivity contribution in [3.63, 3.8) is 0 Å². The minimum atomic E-state index is -0.190. The van der Waals surface area contributed by atoms with E-state index in [1.807, 2.05) is 38.1 Å². The Balaban J connectivity index is 1.95. The van der Waals surface area contributed by atoms with Crippen molar-refractivity contribution >= 4 is 33.5 Å². The molecule has 0 bridgehead atoms. The van der Waals surface area contributed by atoms with E-state index in [-0.39, 0.29) is 11.9 Å². The van der Waals surface area contributed by atoms with Crippen molar-refractivity contribution in [2.45, 2.75) is 58.3 Å². The third-order valence-corrected chi connectivity index (χ3v) is 7.52. The van der Waals surface area contributed by atoms with Crippen LogP contribution in [0.1, 0.15) is 52.5 Å². The van der Waals surface area contributed by atoms with Gasteiger partial charge in [0.2, 0.25) is 5.91 Å². The summed E-state index contributed by atoms with van der Waals surface area (Å²) in [6.45, 7) is 13.9. The normalized spacial score (nSPS) is 10.9. The maximum absolute atomic E-state index is 12.2. The molecular formula is C31H51N3O6S2. The molecule has 0 saturated heterocycles. The molecule has 0 fully saturated rings. The zero-order valence-corrected chi connectivity index (χ0v) is 27.5. The maximum Gasteiger partial charge on any atom is 0.315 e. The van der Waals surface area contributed by atoms with E-state index in [1.54, 1.807) is 21.6 Å². The molecule has 238 valence electrons. The Hall–Kier alpha value is -1.94. The van der Waals surface area contributed by atoms with E-state index in [1.165, 1.54) is 0 Å². The zero-order valence-electron chi connectivity index (χ0n) is 25.8. The molecule has 9 nitrogen and oxygen atoms in total. The molecule has 3 amide bonds. The van der Waals surface area contributed by atoms with E-state index in [0.717, 1.165) is 36.3 Å². The summed E-state index contributed by atoms with van der Waals surface area (Å²) >= 11 is 0. The van der Waals surface area contributed by atoms with Gasteiger partial charge in [0.25, 0.3) is 0 Å². The lowest BCUT2D eigenvalue weighted by Crippen LogP contribution is -2.36. The molecule has 0 aliphatic heterocycles. The smallest absolute Gasteiger partial charge is 0.315 e. The van der Waals surface area contributed by atoms with Crippen LogP contribution in [-0.2, 0) is 30.2 Å². The molecule has 0 spiro atoms. The molecule has 11 heteroatoms. The number of benzene rings is 1. The Morgan fingerprint density at radius 1 is 0.786 bits per heavy atom. The van der Waals surface area contributed by atoms with Gasteiger partial charge in [-0.15, -0.1) is 0 Å². The van der Waals surface area contributed by atoms with Crippen molar-refractivity contribution in [2.24, 2.45) is 11.8 Å². The number of amides is 3. The van der Waals surface area contributed by atoms with Gasteiger partial charge < -0.3 is 34.9 Å².